The summed E-state index contributed by atoms with van der Waals surface area (Å²) in [7, 11) is 0. The number of aliphatic imine (C=N–C) groups is 1. The molecule has 1 heterocycles. The van der Waals surface area contributed by atoms with Crippen LogP contribution in [0.5, 0.6) is 5.75 Å². The van der Waals surface area contributed by atoms with Gasteiger partial charge < -0.3 is 9.64 Å². The maximum atomic E-state index is 5.82. The fourth-order valence-electron chi connectivity index (χ4n) is 3.49. The third-order valence-corrected chi connectivity index (χ3v) is 5.05. The fraction of sp³-hybridized carbons (Fsp3) is 0.240. The molecule has 0 aromatic heterocycles. The van der Waals surface area contributed by atoms with Gasteiger partial charge in [-0.05, 0) is 48.4 Å². The third kappa shape index (κ3) is 4.09. The van der Waals surface area contributed by atoms with Crippen LogP contribution in [0.25, 0.3) is 0 Å². The highest BCUT2D eigenvalue weighted by molar-refractivity contribution is 6.06. The monoisotopic (exact) mass is 370 g/mol. The zero-order valence-corrected chi connectivity index (χ0v) is 16.3. The van der Waals surface area contributed by atoms with Crippen LogP contribution >= 0.6 is 0 Å². The molecule has 1 saturated heterocycles. The van der Waals surface area contributed by atoms with E-state index in [2.05, 4.69) is 66.4 Å². The Morgan fingerprint density at radius 3 is 2.25 bits per heavy atom. The van der Waals surface area contributed by atoms with Crippen LogP contribution in [0.3, 0.4) is 0 Å². The van der Waals surface area contributed by atoms with Crippen molar-refractivity contribution in [3.63, 3.8) is 0 Å². The van der Waals surface area contributed by atoms with Gasteiger partial charge in [0.1, 0.15) is 11.6 Å². The van der Waals surface area contributed by atoms with Crippen molar-refractivity contribution in [1.29, 1.82) is 0 Å². The molecular weight excluding hydrogens is 344 g/mol. The maximum Gasteiger partial charge on any atom is 0.119 e. The van der Waals surface area contributed by atoms with Crippen LogP contribution in [0, 0.1) is 0 Å². The number of para-hydroxylation sites is 1. The van der Waals surface area contributed by atoms with Crippen molar-refractivity contribution in [2.75, 3.05) is 11.5 Å². The van der Waals surface area contributed by atoms with Crippen LogP contribution in [-0.2, 0) is 0 Å². The number of ether oxygens (including phenoxy) is 1. The number of benzene rings is 3. The lowest BCUT2D eigenvalue weighted by Crippen LogP contribution is -2.46. The van der Waals surface area contributed by atoms with Crippen molar-refractivity contribution in [2.24, 2.45) is 4.99 Å². The van der Waals surface area contributed by atoms with Crippen LogP contribution in [0.15, 0.2) is 89.9 Å². The van der Waals surface area contributed by atoms with Crippen molar-refractivity contribution in [1.82, 2.24) is 0 Å². The van der Waals surface area contributed by atoms with Crippen molar-refractivity contribution in [2.45, 2.75) is 32.2 Å². The zero-order chi connectivity index (χ0) is 19.2. The minimum absolute atomic E-state index is 0.315. The Hall–Kier alpha value is -3.07. The average Bonchev–Trinajstić information content (AvgIpc) is 2.74. The number of rotatable bonds is 7. The lowest BCUT2D eigenvalue weighted by molar-refractivity contribution is 0.309. The van der Waals surface area contributed by atoms with Crippen LogP contribution in [0.2, 0.25) is 0 Å². The summed E-state index contributed by atoms with van der Waals surface area (Å²) in [6, 6.07) is 29.5. The van der Waals surface area contributed by atoms with Crippen LogP contribution in [0.1, 0.15) is 37.8 Å². The Morgan fingerprint density at radius 1 is 0.893 bits per heavy atom. The topological polar surface area (TPSA) is 24.8 Å². The molecule has 3 aromatic rings. The molecule has 3 aromatic carbocycles. The molecule has 4 rings (SSSR count). The molecule has 0 amide bonds. The summed E-state index contributed by atoms with van der Waals surface area (Å²) >= 11 is 0. The summed E-state index contributed by atoms with van der Waals surface area (Å²) in [6.07, 6.45) is 3.16. The fourth-order valence-corrected chi connectivity index (χ4v) is 3.49. The molecule has 0 radical (unpaired) electrons. The highest BCUT2D eigenvalue weighted by atomic mass is 16.5. The van der Waals surface area contributed by atoms with E-state index in [1.807, 2.05) is 30.3 Å². The summed E-state index contributed by atoms with van der Waals surface area (Å²) in [5.41, 5.74) is 3.46. The van der Waals surface area contributed by atoms with Crippen LogP contribution in [0.4, 0.5) is 11.4 Å². The molecule has 1 aliphatic heterocycles. The van der Waals surface area contributed by atoms with Gasteiger partial charge in [0.2, 0.25) is 0 Å². The van der Waals surface area contributed by atoms with E-state index >= 15 is 0 Å². The molecule has 1 fully saturated rings. The Kier molecular flexibility index (Phi) is 5.72. The standard InChI is InChI=1S/C25H26N2O/c1-2-3-18-28-23-16-14-22(15-17-23)27-24(20-10-6-4-7-11-20)19-25(27)26-21-12-8-5-9-13-21/h4-17,24H,2-3,18-19H2,1H3. The quantitative estimate of drug-likeness (QED) is 0.441. The van der Waals surface area contributed by atoms with Gasteiger partial charge in [0.25, 0.3) is 0 Å². The Balaban J connectivity index is 1.59. The van der Waals surface area contributed by atoms with Crippen molar-refractivity contribution in [3.05, 3.63) is 90.5 Å². The third-order valence-electron chi connectivity index (χ3n) is 5.05. The second kappa shape index (κ2) is 8.75. The Labute approximate surface area is 167 Å². The molecule has 3 heteroatoms. The number of hydrogen-bond acceptors (Lipinski definition) is 2. The number of anilines is 1. The summed E-state index contributed by atoms with van der Waals surface area (Å²) in [4.78, 5) is 7.22. The first-order chi connectivity index (χ1) is 13.8. The molecule has 0 aliphatic carbocycles. The molecule has 0 saturated carbocycles. The summed E-state index contributed by atoms with van der Waals surface area (Å²) in [5.74, 6) is 2.02. The molecule has 1 aliphatic rings. The van der Waals surface area contributed by atoms with E-state index in [4.69, 9.17) is 9.73 Å². The van der Waals surface area contributed by atoms with Gasteiger partial charge in [0.15, 0.2) is 0 Å². The van der Waals surface area contributed by atoms with E-state index in [1.165, 1.54) is 5.56 Å². The molecule has 0 spiro atoms. The number of nitrogens with zero attached hydrogens (tertiary/aromatic N) is 2. The van der Waals surface area contributed by atoms with Crippen LogP contribution in [-0.4, -0.2) is 12.4 Å². The number of hydrogen-bond donors (Lipinski definition) is 0. The van der Waals surface area contributed by atoms with Gasteiger partial charge in [-0.15, -0.1) is 0 Å². The van der Waals surface area contributed by atoms with E-state index in [-0.39, 0.29) is 0 Å². The summed E-state index contributed by atoms with van der Waals surface area (Å²) in [5, 5.41) is 0. The summed E-state index contributed by atoms with van der Waals surface area (Å²) < 4.78 is 5.82. The van der Waals surface area contributed by atoms with E-state index < -0.39 is 0 Å². The van der Waals surface area contributed by atoms with Gasteiger partial charge >= 0.3 is 0 Å². The van der Waals surface area contributed by atoms with Crippen LogP contribution < -0.4 is 9.64 Å². The van der Waals surface area contributed by atoms with Gasteiger partial charge in [-0.25, -0.2) is 4.99 Å². The molecule has 0 bridgehead atoms. The molecule has 3 nitrogen and oxygen atoms in total. The highest BCUT2D eigenvalue weighted by Gasteiger charge is 2.36. The predicted octanol–water partition coefficient (Wildman–Crippen LogP) is 6.55. The second-order valence-electron chi connectivity index (χ2n) is 7.06. The molecule has 142 valence electrons. The van der Waals surface area contributed by atoms with E-state index in [9.17, 15) is 0 Å². The zero-order valence-electron chi connectivity index (χ0n) is 16.3. The first-order valence-corrected chi connectivity index (χ1v) is 10.0. The molecule has 1 atom stereocenters. The van der Waals surface area contributed by atoms with Gasteiger partial charge in [0, 0.05) is 12.1 Å². The van der Waals surface area contributed by atoms with Gasteiger partial charge in [-0.3, -0.25) is 0 Å². The minimum Gasteiger partial charge on any atom is -0.494 e. The normalized spacial score (nSPS) is 17.4. The minimum atomic E-state index is 0.315. The first-order valence-electron chi connectivity index (χ1n) is 10.0. The van der Waals surface area contributed by atoms with Crippen molar-refractivity contribution in [3.8, 4) is 5.75 Å². The van der Waals surface area contributed by atoms with Crippen molar-refractivity contribution >= 4 is 17.2 Å². The largest absolute Gasteiger partial charge is 0.494 e. The lowest BCUT2D eigenvalue weighted by atomic mass is 9.92. The number of unbranched alkanes of at least 4 members (excludes halogenated alkanes) is 1. The maximum absolute atomic E-state index is 5.82. The lowest BCUT2D eigenvalue weighted by Gasteiger charge is -2.44. The molecule has 28 heavy (non-hydrogen) atoms. The SMILES string of the molecule is CCCCOc1ccc(N2C(=Nc3ccccc3)CC2c2ccccc2)cc1. The predicted molar refractivity (Wildman–Crippen MR) is 117 cm³/mol. The smallest absolute Gasteiger partial charge is 0.119 e. The Morgan fingerprint density at radius 2 is 1.57 bits per heavy atom. The molecule has 0 N–H and O–H groups in total. The molecule has 1 unspecified atom stereocenters. The number of amidine groups is 1. The van der Waals surface area contributed by atoms with Gasteiger partial charge in [0.05, 0.1) is 18.3 Å². The van der Waals surface area contributed by atoms with E-state index in [1.54, 1.807) is 0 Å². The van der Waals surface area contributed by atoms with Gasteiger partial charge in [-0.1, -0.05) is 61.9 Å². The first kappa shape index (κ1) is 18.3. The van der Waals surface area contributed by atoms with Crippen molar-refractivity contribution < 1.29 is 4.74 Å². The Bertz CT molecular complexity index is 904. The van der Waals surface area contributed by atoms with E-state index in [0.29, 0.717) is 6.04 Å². The molecular formula is C25H26N2O. The van der Waals surface area contributed by atoms with E-state index in [0.717, 1.165) is 48.8 Å². The summed E-state index contributed by atoms with van der Waals surface area (Å²) in [6.45, 7) is 2.95. The highest BCUT2D eigenvalue weighted by Crippen LogP contribution is 2.40. The average molecular weight is 370 g/mol. The second-order valence-corrected chi connectivity index (χ2v) is 7.06. The van der Waals surface area contributed by atoms with Gasteiger partial charge in [-0.2, -0.15) is 0 Å².